The Hall–Kier alpha value is -1.40. The van der Waals surface area contributed by atoms with E-state index in [4.69, 9.17) is 11.6 Å². The first-order valence-electron chi connectivity index (χ1n) is 5.63. The lowest BCUT2D eigenvalue weighted by molar-refractivity contribution is -0.119. The molecule has 1 amide bonds. The van der Waals surface area contributed by atoms with Crippen LogP contribution < -0.4 is 10.6 Å². The van der Waals surface area contributed by atoms with E-state index in [2.05, 4.69) is 19.4 Å². The van der Waals surface area contributed by atoms with Crippen molar-refractivity contribution in [1.82, 2.24) is 14.1 Å². The molecule has 18 heavy (non-hydrogen) atoms. The van der Waals surface area contributed by atoms with Crippen molar-refractivity contribution < 1.29 is 4.79 Å². The van der Waals surface area contributed by atoms with Crippen molar-refractivity contribution in [3.63, 3.8) is 0 Å². The summed E-state index contributed by atoms with van der Waals surface area (Å²) in [5.74, 6) is -0.0619. The van der Waals surface area contributed by atoms with Gasteiger partial charge in [-0.05, 0) is 18.6 Å². The number of carbonyl (C=O) groups is 1. The van der Waals surface area contributed by atoms with Gasteiger partial charge < -0.3 is 10.6 Å². The number of aromatic nitrogens is 2. The van der Waals surface area contributed by atoms with Gasteiger partial charge in [0.05, 0.1) is 29.0 Å². The summed E-state index contributed by atoms with van der Waals surface area (Å²) in [5, 5.41) is 6.34. The van der Waals surface area contributed by atoms with Crippen LogP contribution in [-0.4, -0.2) is 27.7 Å². The molecule has 2 rings (SSSR count). The van der Waals surface area contributed by atoms with Gasteiger partial charge in [0.25, 0.3) is 0 Å². The minimum absolute atomic E-state index is 0.0619. The Morgan fingerprint density at radius 1 is 1.44 bits per heavy atom. The summed E-state index contributed by atoms with van der Waals surface area (Å²) in [6.07, 6.45) is 0.915. The average molecular weight is 285 g/mol. The lowest BCUT2D eigenvalue weighted by Gasteiger charge is -2.08. The molecule has 0 saturated heterocycles. The average Bonchev–Trinajstić information content (AvgIpc) is 2.83. The SMILES string of the molecule is CCCNC(=O)CNc1c(Cl)ccc2nsnc12. The first-order valence-corrected chi connectivity index (χ1v) is 6.74. The van der Waals surface area contributed by atoms with Crippen molar-refractivity contribution in [2.24, 2.45) is 0 Å². The summed E-state index contributed by atoms with van der Waals surface area (Å²) in [6.45, 7) is 2.86. The van der Waals surface area contributed by atoms with Crippen LogP contribution in [-0.2, 0) is 4.79 Å². The molecule has 0 spiro atoms. The largest absolute Gasteiger partial charge is 0.373 e. The van der Waals surface area contributed by atoms with Crippen LogP contribution in [0.3, 0.4) is 0 Å². The van der Waals surface area contributed by atoms with Crippen molar-refractivity contribution in [3.05, 3.63) is 17.2 Å². The van der Waals surface area contributed by atoms with Crippen LogP contribution in [0.5, 0.6) is 0 Å². The number of halogens is 1. The van der Waals surface area contributed by atoms with E-state index in [0.717, 1.165) is 23.7 Å². The predicted molar refractivity (Wildman–Crippen MR) is 74.2 cm³/mol. The van der Waals surface area contributed by atoms with Gasteiger partial charge in [-0.1, -0.05) is 18.5 Å². The zero-order valence-electron chi connectivity index (χ0n) is 9.86. The van der Waals surface area contributed by atoms with Crippen LogP contribution in [0.25, 0.3) is 11.0 Å². The van der Waals surface area contributed by atoms with Crippen molar-refractivity contribution in [1.29, 1.82) is 0 Å². The number of benzene rings is 1. The van der Waals surface area contributed by atoms with Crippen molar-refractivity contribution in [2.75, 3.05) is 18.4 Å². The second-order valence-corrected chi connectivity index (χ2v) is 4.69. The number of hydrogen-bond donors (Lipinski definition) is 2. The van der Waals surface area contributed by atoms with E-state index in [1.165, 1.54) is 0 Å². The second-order valence-electron chi connectivity index (χ2n) is 3.76. The second kappa shape index (κ2) is 5.97. The molecule has 0 unspecified atom stereocenters. The number of amides is 1. The van der Waals surface area contributed by atoms with E-state index >= 15 is 0 Å². The quantitative estimate of drug-likeness (QED) is 0.884. The normalized spacial score (nSPS) is 10.6. The van der Waals surface area contributed by atoms with Crippen LogP contribution in [0.15, 0.2) is 12.1 Å². The summed E-state index contributed by atoms with van der Waals surface area (Å²) >= 11 is 7.22. The Balaban J connectivity index is 2.09. The van der Waals surface area contributed by atoms with Crippen molar-refractivity contribution in [2.45, 2.75) is 13.3 Å². The molecule has 2 aromatic rings. The van der Waals surface area contributed by atoms with Crippen LogP contribution in [0, 0.1) is 0 Å². The number of hydrogen-bond acceptors (Lipinski definition) is 5. The third-order valence-electron chi connectivity index (χ3n) is 2.37. The molecular formula is C11H13ClN4OS. The summed E-state index contributed by atoms with van der Waals surface area (Å²) in [5.41, 5.74) is 2.14. The molecule has 1 aromatic carbocycles. The van der Waals surface area contributed by atoms with Gasteiger partial charge in [0.1, 0.15) is 11.0 Å². The third kappa shape index (κ3) is 2.88. The maximum Gasteiger partial charge on any atom is 0.239 e. The first-order chi connectivity index (χ1) is 8.72. The van der Waals surface area contributed by atoms with Gasteiger partial charge in [-0.25, -0.2) is 0 Å². The van der Waals surface area contributed by atoms with Gasteiger partial charge in [-0.2, -0.15) is 8.75 Å². The van der Waals surface area contributed by atoms with Gasteiger partial charge in [0.2, 0.25) is 5.91 Å². The molecule has 0 aliphatic heterocycles. The minimum Gasteiger partial charge on any atom is -0.373 e. The standard InChI is InChI=1S/C11H13ClN4OS/c1-2-5-13-9(17)6-14-10-7(12)3-4-8-11(10)16-18-15-8/h3-4,14H,2,5-6H2,1H3,(H,13,17). The van der Waals surface area contributed by atoms with Crippen LogP contribution in [0.4, 0.5) is 5.69 Å². The third-order valence-corrected chi connectivity index (χ3v) is 3.23. The van der Waals surface area contributed by atoms with E-state index in [-0.39, 0.29) is 12.5 Å². The molecule has 0 bridgehead atoms. The smallest absolute Gasteiger partial charge is 0.239 e. The fraction of sp³-hybridized carbons (Fsp3) is 0.364. The van der Waals surface area contributed by atoms with E-state index in [1.807, 2.05) is 13.0 Å². The molecule has 0 aliphatic carbocycles. The summed E-state index contributed by atoms with van der Waals surface area (Å²) in [6, 6.07) is 3.56. The van der Waals surface area contributed by atoms with E-state index in [0.29, 0.717) is 22.8 Å². The number of anilines is 1. The van der Waals surface area contributed by atoms with Crippen LogP contribution in [0.2, 0.25) is 5.02 Å². The maximum absolute atomic E-state index is 11.5. The van der Waals surface area contributed by atoms with Crippen LogP contribution >= 0.6 is 23.3 Å². The molecule has 0 saturated carbocycles. The zero-order valence-corrected chi connectivity index (χ0v) is 11.4. The summed E-state index contributed by atoms with van der Waals surface area (Å²) in [4.78, 5) is 11.5. The lowest BCUT2D eigenvalue weighted by Crippen LogP contribution is -2.30. The molecule has 2 N–H and O–H groups in total. The Labute approximate surface area is 114 Å². The number of carbonyl (C=O) groups excluding carboxylic acids is 1. The predicted octanol–water partition coefficient (Wildman–Crippen LogP) is 2.28. The van der Waals surface area contributed by atoms with Gasteiger partial charge >= 0.3 is 0 Å². The fourth-order valence-corrected chi connectivity index (χ4v) is 2.25. The highest BCUT2D eigenvalue weighted by atomic mass is 35.5. The molecule has 96 valence electrons. The molecule has 0 radical (unpaired) electrons. The van der Waals surface area contributed by atoms with Gasteiger partial charge in [-0.15, -0.1) is 0 Å². The highest BCUT2D eigenvalue weighted by molar-refractivity contribution is 7.00. The molecule has 5 nitrogen and oxygen atoms in total. The van der Waals surface area contributed by atoms with E-state index in [9.17, 15) is 4.79 Å². The van der Waals surface area contributed by atoms with Gasteiger partial charge in [-0.3, -0.25) is 4.79 Å². The molecule has 0 atom stereocenters. The molecule has 7 heteroatoms. The van der Waals surface area contributed by atoms with Gasteiger partial charge in [0.15, 0.2) is 0 Å². The monoisotopic (exact) mass is 284 g/mol. The topological polar surface area (TPSA) is 66.9 Å². The lowest BCUT2D eigenvalue weighted by atomic mass is 10.2. The zero-order chi connectivity index (χ0) is 13.0. The highest BCUT2D eigenvalue weighted by Gasteiger charge is 2.10. The maximum atomic E-state index is 11.5. The minimum atomic E-state index is -0.0619. The van der Waals surface area contributed by atoms with Crippen molar-refractivity contribution in [3.8, 4) is 0 Å². The Bertz CT molecular complexity index is 557. The van der Waals surface area contributed by atoms with Gasteiger partial charge in [0, 0.05) is 6.54 Å². The molecule has 0 aliphatic rings. The molecule has 1 heterocycles. The Morgan fingerprint density at radius 2 is 2.28 bits per heavy atom. The molecular weight excluding hydrogens is 272 g/mol. The van der Waals surface area contributed by atoms with Crippen LogP contribution in [0.1, 0.15) is 13.3 Å². The first kappa shape index (κ1) is 13.0. The number of nitrogens with one attached hydrogen (secondary N) is 2. The number of rotatable bonds is 5. The van der Waals surface area contributed by atoms with E-state index in [1.54, 1.807) is 6.07 Å². The Kier molecular flexibility index (Phi) is 4.33. The number of nitrogens with zero attached hydrogens (tertiary/aromatic N) is 2. The molecule has 1 aromatic heterocycles. The summed E-state index contributed by atoms with van der Waals surface area (Å²) in [7, 11) is 0. The molecule has 0 fully saturated rings. The van der Waals surface area contributed by atoms with E-state index < -0.39 is 0 Å². The highest BCUT2D eigenvalue weighted by Crippen LogP contribution is 2.29. The number of fused-ring (bicyclic) bond motifs is 1. The fourth-order valence-electron chi connectivity index (χ4n) is 1.49. The Morgan fingerprint density at radius 3 is 3.06 bits per heavy atom. The summed E-state index contributed by atoms with van der Waals surface area (Å²) < 4.78 is 8.30. The van der Waals surface area contributed by atoms with Crippen molar-refractivity contribution >= 4 is 46.0 Å².